The minimum absolute atomic E-state index is 0.149. The normalized spacial score (nSPS) is 18.2. The van der Waals surface area contributed by atoms with Gasteiger partial charge < -0.3 is 9.64 Å². The number of fused-ring (bicyclic) bond motifs is 1. The number of hydrogen-bond donors (Lipinski definition) is 0. The Balaban J connectivity index is 1.23. The number of halogens is 2. The average Bonchev–Trinajstić information content (AvgIpc) is 3.03. The summed E-state index contributed by atoms with van der Waals surface area (Å²) in [7, 11) is 0. The van der Waals surface area contributed by atoms with Crippen molar-refractivity contribution in [3.63, 3.8) is 0 Å². The van der Waals surface area contributed by atoms with Crippen LogP contribution in [0.1, 0.15) is 37.8 Å². The molecule has 2 heterocycles. The van der Waals surface area contributed by atoms with Crippen molar-refractivity contribution >= 4 is 40.7 Å². The molecule has 0 N–H and O–H groups in total. The Bertz CT molecular complexity index is 906. The lowest BCUT2D eigenvalue weighted by Crippen LogP contribution is -2.46. The van der Waals surface area contributed by atoms with Crippen LogP contribution in [0.5, 0.6) is 5.75 Å². The molecule has 31 heavy (non-hydrogen) atoms. The average molecular weight is 480 g/mol. The molecule has 1 saturated heterocycles. The Morgan fingerprint density at radius 3 is 2.58 bits per heavy atom. The maximum absolute atomic E-state index is 6.43. The summed E-state index contributed by atoms with van der Waals surface area (Å²) in [6.07, 6.45) is 3.35. The first-order chi connectivity index (χ1) is 14.8. The van der Waals surface area contributed by atoms with Crippen molar-refractivity contribution in [1.29, 1.82) is 0 Å². The molecule has 2 aliphatic rings. The quantitative estimate of drug-likeness (QED) is 0.324. The highest BCUT2D eigenvalue weighted by atomic mass is 35.5. The number of aryl methyl sites for hydroxylation is 1. The number of unbranched alkanes of at least 4 members (excludes halogenated alkanes) is 1. The minimum atomic E-state index is -0.149. The summed E-state index contributed by atoms with van der Waals surface area (Å²) in [5.41, 5.74) is 3.53. The van der Waals surface area contributed by atoms with E-state index in [1.807, 2.05) is 23.9 Å². The fraction of sp³-hybridized carbons (Fsp3) is 0.520. The molecule has 2 aliphatic heterocycles. The van der Waals surface area contributed by atoms with E-state index in [-0.39, 0.29) is 5.60 Å². The number of rotatable bonds is 7. The van der Waals surface area contributed by atoms with E-state index in [2.05, 4.69) is 48.8 Å². The van der Waals surface area contributed by atoms with Gasteiger partial charge in [0, 0.05) is 48.1 Å². The van der Waals surface area contributed by atoms with Crippen molar-refractivity contribution < 1.29 is 4.74 Å². The first-order valence-electron chi connectivity index (χ1n) is 11.2. The molecule has 0 saturated carbocycles. The molecule has 168 valence electrons. The SMILES string of the molecule is Cc1cccc(Cl)c1SCCCCN1CCN(c2cc(Cl)cc3c2OC(C)(C)C3)CC1. The molecule has 4 rings (SSSR count). The Labute approximate surface area is 201 Å². The standard InChI is InChI=1S/C25H32Cl2N2OS/c1-18-7-6-8-21(27)24(18)31-14-5-4-9-28-10-12-29(13-11-28)22-16-20(26)15-19-17-25(2,3)30-23(19)22/h6-8,15-16H,4-5,9-14,17H2,1-3H3. The van der Waals surface area contributed by atoms with Crippen molar-refractivity contribution in [3.05, 3.63) is 51.5 Å². The van der Waals surface area contributed by atoms with Gasteiger partial charge in [-0.2, -0.15) is 0 Å². The highest BCUT2D eigenvalue weighted by molar-refractivity contribution is 7.99. The molecule has 0 aliphatic carbocycles. The predicted molar refractivity (Wildman–Crippen MR) is 135 cm³/mol. The molecule has 0 atom stereocenters. The second-order valence-electron chi connectivity index (χ2n) is 9.22. The smallest absolute Gasteiger partial charge is 0.146 e. The summed E-state index contributed by atoms with van der Waals surface area (Å²) in [6.45, 7) is 11.8. The van der Waals surface area contributed by atoms with Crippen LogP contribution in [0.15, 0.2) is 35.2 Å². The van der Waals surface area contributed by atoms with Gasteiger partial charge in [-0.15, -0.1) is 11.8 Å². The fourth-order valence-electron chi connectivity index (χ4n) is 4.51. The molecule has 3 nitrogen and oxygen atoms in total. The van der Waals surface area contributed by atoms with Gasteiger partial charge in [-0.1, -0.05) is 35.3 Å². The third-order valence-corrected chi connectivity index (χ3v) is 8.07. The van der Waals surface area contributed by atoms with Gasteiger partial charge in [0.1, 0.15) is 11.4 Å². The maximum Gasteiger partial charge on any atom is 0.146 e. The number of nitrogens with zero attached hydrogens (tertiary/aromatic N) is 2. The van der Waals surface area contributed by atoms with Crippen LogP contribution in [0.25, 0.3) is 0 Å². The number of benzene rings is 2. The van der Waals surface area contributed by atoms with E-state index in [0.29, 0.717) is 0 Å². The van der Waals surface area contributed by atoms with Crippen molar-refractivity contribution in [1.82, 2.24) is 4.90 Å². The highest BCUT2D eigenvalue weighted by Crippen LogP contribution is 2.44. The lowest BCUT2D eigenvalue weighted by molar-refractivity contribution is 0.138. The van der Waals surface area contributed by atoms with Crippen molar-refractivity contribution in [2.45, 2.75) is 50.5 Å². The molecule has 0 spiro atoms. The van der Waals surface area contributed by atoms with E-state index in [1.165, 1.54) is 34.6 Å². The van der Waals surface area contributed by atoms with Gasteiger partial charge in [0.2, 0.25) is 0 Å². The fourth-order valence-corrected chi connectivity index (χ4v) is 6.19. The van der Waals surface area contributed by atoms with Crippen LogP contribution in [0, 0.1) is 6.92 Å². The summed E-state index contributed by atoms with van der Waals surface area (Å²) in [5, 5.41) is 1.68. The zero-order valence-electron chi connectivity index (χ0n) is 18.7. The van der Waals surface area contributed by atoms with Gasteiger partial charge in [-0.3, -0.25) is 4.90 Å². The molecule has 2 aromatic rings. The van der Waals surface area contributed by atoms with E-state index in [4.69, 9.17) is 27.9 Å². The lowest BCUT2D eigenvalue weighted by atomic mass is 10.0. The van der Waals surface area contributed by atoms with Crippen molar-refractivity contribution in [2.24, 2.45) is 0 Å². The largest absolute Gasteiger partial charge is 0.485 e. The molecule has 0 unspecified atom stereocenters. The first-order valence-corrected chi connectivity index (χ1v) is 12.9. The Morgan fingerprint density at radius 1 is 1.06 bits per heavy atom. The number of anilines is 1. The molecule has 0 bridgehead atoms. The van der Waals surface area contributed by atoms with Crippen LogP contribution in [0.2, 0.25) is 10.0 Å². The van der Waals surface area contributed by atoms with Gasteiger partial charge >= 0.3 is 0 Å². The molecule has 0 radical (unpaired) electrons. The van der Waals surface area contributed by atoms with Crippen LogP contribution in [-0.4, -0.2) is 49.0 Å². The first kappa shape index (κ1) is 23.1. The van der Waals surface area contributed by atoms with Crippen molar-refractivity contribution in [2.75, 3.05) is 43.4 Å². The molecule has 6 heteroatoms. The third-order valence-electron chi connectivity index (χ3n) is 6.10. The maximum atomic E-state index is 6.43. The third kappa shape index (κ3) is 5.65. The van der Waals surface area contributed by atoms with Gasteiger partial charge in [0.05, 0.1) is 10.7 Å². The van der Waals surface area contributed by atoms with Gasteiger partial charge in [0.25, 0.3) is 0 Å². The van der Waals surface area contributed by atoms with E-state index in [9.17, 15) is 0 Å². The summed E-state index contributed by atoms with van der Waals surface area (Å²) in [4.78, 5) is 6.26. The zero-order chi connectivity index (χ0) is 22.0. The van der Waals surface area contributed by atoms with Gasteiger partial charge in [-0.05, 0) is 69.7 Å². The Morgan fingerprint density at radius 2 is 1.84 bits per heavy atom. The van der Waals surface area contributed by atoms with Crippen molar-refractivity contribution in [3.8, 4) is 5.75 Å². The lowest BCUT2D eigenvalue weighted by Gasteiger charge is -2.37. The second-order valence-corrected chi connectivity index (χ2v) is 11.2. The number of thioether (sulfide) groups is 1. The number of hydrogen-bond acceptors (Lipinski definition) is 4. The monoisotopic (exact) mass is 478 g/mol. The van der Waals surface area contributed by atoms with Crippen LogP contribution in [-0.2, 0) is 6.42 Å². The van der Waals surface area contributed by atoms with Gasteiger partial charge in [0.15, 0.2) is 0 Å². The zero-order valence-corrected chi connectivity index (χ0v) is 21.0. The van der Waals surface area contributed by atoms with Crippen LogP contribution >= 0.6 is 35.0 Å². The second kappa shape index (κ2) is 9.82. The highest BCUT2D eigenvalue weighted by Gasteiger charge is 2.34. The molecular weight excluding hydrogens is 447 g/mol. The van der Waals surface area contributed by atoms with E-state index in [1.54, 1.807) is 0 Å². The van der Waals surface area contributed by atoms with E-state index in [0.717, 1.165) is 60.7 Å². The molecule has 1 fully saturated rings. The Kier molecular flexibility index (Phi) is 7.32. The minimum Gasteiger partial charge on any atom is -0.485 e. The van der Waals surface area contributed by atoms with Crippen LogP contribution in [0.4, 0.5) is 5.69 Å². The van der Waals surface area contributed by atoms with E-state index < -0.39 is 0 Å². The Hall–Kier alpha value is -1.07. The molecule has 0 aromatic heterocycles. The summed E-state index contributed by atoms with van der Waals surface area (Å²) in [6, 6.07) is 10.3. The number of ether oxygens (including phenoxy) is 1. The summed E-state index contributed by atoms with van der Waals surface area (Å²) in [5.74, 6) is 2.15. The molecule has 0 amide bonds. The predicted octanol–water partition coefficient (Wildman–Crippen LogP) is 6.71. The summed E-state index contributed by atoms with van der Waals surface area (Å²) < 4.78 is 6.28. The molecular formula is C25H32Cl2N2OS. The molecule has 2 aromatic carbocycles. The van der Waals surface area contributed by atoms with Crippen LogP contribution < -0.4 is 9.64 Å². The van der Waals surface area contributed by atoms with E-state index >= 15 is 0 Å². The van der Waals surface area contributed by atoms with Gasteiger partial charge in [-0.25, -0.2) is 0 Å². The number of piperazine rings is 1. The van der Waals surface area contributed by atoms with Crippen LogP contribution in [0.3, 0.4) is 0 Å². The topological polar surface area (TPSA) is 15.7 Å². The summed E-state index contributed by atoms with van der Waals surface area (Å²) >= 11 is 14.7.